The first-order valence-corrected chi connectivity index (χ1v) is 11.4. The molecule has 1 saturated heterocycles. The van der Waals surface area contributed by atoms with Gasteiger partial charge in [0.15, 0.2) is 11.5 Å². The number of fused-ring (bicyclic) bond motifs is 1. The number of amides is 3. The molecule has 1 unspecified atom stereocenters. The highest BCUT2D eigenvalue weighted by Gasteiger charge is 2.34. The van der Waals surface area contributed by atoms with Crippen LogP contribution in [0, 0.1) is 0 Å². The molecule has 1 fully saturated rings. The van der Waals surface area contributed by atoms with E-state index in [4.69, 9.17) is 9.47 Å². The Hall–Kier alpha value is -2.91. The third-order valence-corrected chi connectivity index (χ3v) is 6.65. The molecule has 0 saturated carbocycles. The molecule has 2 aliphatic heterocycles. The van der Waals surface area contributed by atoms with Gasteiger partial charge in [-0.3, -0.25) is 19.3 Å². The summed E-state index contributed by atoms with van der Waals surface area (Å²) in [5.41, 5.74) is 0.745. The van der Waals surface area contributed by atoms with Gasteiger partial charge in [0.2, 0.25) is 12.7 Å². The minimum atomic E-state index is -0.367. The summed E-state index contributed by atoms with van der Waals surface area (Å²) in [6, 6.07) is 15.0. The predicted molar refractivity (Wildman–Crippen MR) is 120 cm³/mol. The van der Waals surface area contributed by atoms with Gasteiger partial charge in [-0.2, -0.15) is 0 Å². The number of nitrogens with one attached hydrogen (secondary N) is 1. The monoisotopic (exact) mass is 456 g/mol. The summed E-state index contributed by atoms with van der Waals surface area (Å²) >= 11 is 2.34. The van der Waals surface area contributed by atoms with E-state index in [1.807, 2.05) is 37.3 Å². The van der Waals surface area contributed by atoms with Crippen LogP contribution in [0.5, 0.6) is 11.5 Å². The van der Waals surface area contributed by atoms with Crippen LogP contribution >= 0.6 is 23.5 Å². The van der Waals surface area contributed by atoms with Crippen molar-refractivity contribution in [3.8, 4) is 11.5 Å². The van der Waals surface area contributed by atoms with Crippen molar-refractivity contribution in [2.45, 2.75) is 17.1 Å². The van der Waals surface area contributed by atoms with Crippen LogP contribution in [0.4, 0.5) is 4.79 Å². The maximum Gasteiger partial charge on any atom is 0.293 e. The number of hydrogen-bond donors (Lipinski definition) is 1. The number of carbonyl (C=O) groups excluding carboxylic acids is 3. The van der Waals surface area contributed by atoms with Crippen molar-refractivity contribution >= 4 is 46.7 Å². The molecule has 2 aromatic carbocycles. The third-order valence-electron chi connectivity index (χ3n) is 4.63. The smallest absolute Gasteiger partial charge is 0.293 e. The molecule has 2 heterocycles. The molecule has 7 nitrogen and oxygen atoms in total. The molecule has 3 amide bonds. The normalized spacial score (nSPS) is 17.3. The van der Waals surface area contributed by atoms with Crippen LogP contribution in [0.3, 0.4) is 0 Å². The molecule has 0 aliphatic carbocycles. The molecular formula is C22H20N2O5S2. The number of ether oxygens (including phenoxy) is 2. The molecule has 1 atom stereocenters. The van der Waals surface area contributed by atoms with Crippen LogP contribution in [0.15, 0.2) is 58.3 Å². The van der Waals surface area contributed by atoms with Crippen LogP contribution in [0.25, 0.3) is 6.08 Å². The maximum absolute atomic E-state index is 12.6. The van der Waals surface area contributed by atoms with Crippen molar-refractivity contribution in [2.24, 2.45) is 0 Å². The van der Waals surface area contributed by atoms with Crippen LogP contribution in [-0.4, -0.2) is 47.1 Å². The van der Waals surface area contributed by atoms with Gasteiger partial charge in [-0.25, -0.2) is 0 Å². The molecule has 31 heavy (non-hydrogen) atoms. The van der Waals surface area contributed by atoms with Gasteiger partial charge >= 0.3 is 0 Å². The fourth-order valence-corrected chi connectivity index (χ4v) is 4.82. The minimum absolute atomic E-state index is 0.123. The van der Waals surface area contributed by atoms with E-state index >= 15 is 0 Å². The fourth-order valence-electron chi connectivity index (χ4n) is 3.04. The number of thioether (sulfide) groups is 2. The van der Waals surface area contributed by atoms with Crippen molar-refractivity contribution in [3.63, 3.8) is 0 Å². The summed E-state index contributed by atoms with van der Waals surface area (Å²) < 4.78 is 10.6. The lowest BCUT2D eigenvalue weighted by Gasteiger charge is -2.15. The van der Waals surface area contributed by atoms with Crippen molar-refractivity contribution in [1.82, 2.24) is 10.2 Å². The standard InChI is InChI=1S/C22H20N2O5S2/c1-14(30-16-5-3-2-4-6-16)20(25)23-9-10-24-21(26)19(31-22(24)27)12-15-7-8-17-18(11-15)29-13-28-17/h2-8,11-12,14H,9-10,13H2,1H3,(H,23,25). The van der Waals surface area contributed by atoms with Crippen molar-refractivity contribution < 1.29 is 23.9 Å². The number of carbonyl (C=O) groups is 3. The lowest BCUT2D eigenvalue weighted by atomic mass is 10.2. The summed E-state index contributed by atoms with van der Waals surface area (Å²) in [6.07, 6.45) is 1.66. The quantitative estimate of drug-likeness (QED) is 0.502. The van der Waals surface area contributed by atoms with Crippen LogP contribution < -0.4 is 14.8 Å². The Bertz CT molecular complexity index is 1040. The first-order chi connectivity index (χ1) is 15.0. The Kier molecular flexibility index (Phi) is 6.53. The van der Waals surface area contributed by atoms with E-state index in [0.29, 0.717) is 16.4 Å². The van der Waals surface area contributed by atoms with E-state index in [-0.39, 0.29) is 42.2 Å². The molecule has 2 aliphatic rings. The zero-order valence-electron chi connectivity index (χ0n) is 16.7. The van der Waals surface area contributed by atoms with Gasteiger partial charge in [0.25, 0.3) is 11.1 Å². The van der Waals surface area contributed by atoms with Crippen LogP contribution in [0.1, 0.15) is 12.5 Å². The van der Waals surface area contributed by atoms with Crippen molar-refractivity contribution in [2.75, 3.05) is 19.9 Å². The number of rotatable bonds is 7. The molecule has 160 valence electrons. The van der Waals surface area contributed by atoms with Gasteiger partial charge in [0.05, 0.1) is 10.2 Å². The summed E-state index contributed by atoms with van der Waals surface area (Å²) in [7, 11) is 0. The number of imide groups is 1. The van der Waals surface area contributed by atoms with E-state index in [1.165, 1.54) is 11.8 Å². The average Bonchev–Trinajstić information content (AvgIpc) is 3.33. The Labute approximate surface area is 188 Å². The predicted octanol–water partition coefficient (Wildman–Crippen LogP) is 3.75. The molecule has 0 aromatic heterocycles. The summed E-state index contributed by atoms with van der Waals surface area (Å²) in [4.78, 5) is 39.8. The highest BCUT2D eigenvalue weighted by atomic mass is 32.2. The summed E-state index contributed by atoms with van der Waals surface area (Å²) in [5, 5.41) is 2.16. The van der Waals surface area contributed by atoms with Crippen molar-refractivity contribution in [1.29, 1.82) is 0 Å². The van der Waals surface area contributed by atoms with E-state index < -0.39 is 0 Å². The average molecular weight is 457 g/mol. The van der Waals surface area contributed by atoms with E-state index in [0.717, 1.165) is 27.1 Å². The number of nitrogens with zero attached hydrogens (tertiary/aromatic N) is 1. The van der Waals surface area contributed by atoms with Gasteiger partial charge in [-0.05, 0) is 54.6 Å². The Morgan fingerprint density at radius 1 is 1.19 bits per heavy atom. The van der Waals surface area contributed by atoms with Crippen LogP contribution in [-0.2, 0) is 9.59 Å². The van der Waals surface area contributed by atoms with Gasteiger partial charge in [-0.1, -0.05) is 24.3 Å². The maximum atomic E-state index is 12.6. The number of hydrogen-bond acceptors (Lipinski definition) is 7. The highest BCUT2D eigenvalue weighted by Crippen LogP contribution is 2.36. The highest BCUT2D eigenvalue weighted by molar-refractivity contribution is 8.18. The lowest BCUT2D eigenvalue weighted by molar-refractivity contribution is -0.124. The lowest BCUT2D eigenvalue weighted by Crippen LogP contribution is -2.39. The Morgan fingerprint density at radius 2 is 1.97 bits per heavy atom. The summed E-state index contributed by atoms with van der Waals surface area (Å²) in [5.74, 6) is 0.754. The zero-order valence-corrected chi connectivity index (χ0v) is 18.3. The van der Waals surface area contributed by atoms with Gasteiger partial charge in [-0.15, -0.1) is 11.8 Å². The molecule has 4 rings (SSSR count). The molecule has 9 heteroatoms. The molecule has 1 N–H and O–H groups in total. The van der Waals surface area contributed by atoms with E-state index in [2.05, 4.69) is 5.32 Å². The van der Waals surface area contributed by atoms with E-state index in [1.54, 1.807) is 24.3 Å². The second kappa shape index (κ2) is 9.49. The van der Waals surface area contributed by atoms with E-state index in [9.17, 15) is 14.4 Å². The van der Waals surface area contributed by atoms with Crippen LogP contribution in [0.2, 0.25) is 0 Å². The first kappa shape index (κ1) is 21.3. The Balaban J connectivity index is 1.30. The molecule has 2 aromatic rings. The first-order valence-electron chi connectivity index (χ1n) is 9.66. The van der Waals surface area contributed by atoms with Gasteiger partial charge in [0.1, 0.15) is 0 Å². The second-order valence-electron chi connectivity index (χ2n) is 6.81. The zero-order chi connectivity index (χ0) is 21.8. The van der Waals surface area contributed by atoms with Crippen molar-refractivity contribution in [3.05, 3.63) is 59.0 Å². The fraction of sp³-hybridized carbons (Fsp3) is 0.227. The minimum Gasteiger partial charge on any atom is -0.454 e. The molecule has 0 spiro atoms. The van der Waals surface area contributed by atoms with Gasteiger partial charge < -0.3 is 14.8 Å². The second-order valence-corrected chi connectivity index (χ2v) is 9.22. The molecule has 0 bridgehead atoms. The largest absolute Gasteiger partial charge is 0.454 e. The van der Waals surface area contributed by atoms with Gasteiger partial charge in [0, 0.05) is 18.0 Å². The molecular weight excluding hydrogens is 436 g/mol. The molecule has 0 radical (unpaired) electrons. The number of benzene rings is 2. The SMILES string of the molecule is CC(Sc1ccccc1)C(=O)NCCN1C(=O)SC(=Cc2ccc3c(c2)OCO3)C1=O. The summed E-state index contributed by atoms with van der Waals surface area (Å²) in [6.45, 7) is 2.32. The third kappa shape index (κ3) is 5.05. The Morgan fingerprint density at radius 3 is 2.77 bits per heavy atom. The topological polar surface area (TPSA) is 84.9 Å².